The van der Waals surface area contributed by atoms with Gasteiger partial charge in [-0.05, 0) is 6.42 Å². The van der Waals surface area contributed by atoms with Gasteiger partial charge in [0, 0.05) is 11.9 Å². The molecule has 0 aliphatic rings. The van der Waals surface area contributed by atoms with Crippen molar-refractivity contribution in [3.8, 4) is 0 Å². The molecule has 2 aromatic rings. The molecule has 2 heterocycles. The van der Waals surface area contributed by atoms with Gasteiger partial charge in [0.25, 0.3) is 0 Å². The van der Waals surface area contributed by atoms with E-state index < -0.39 is 12.0 Å². The summed E-state index contributed by atoms with van der Waals surface area (Å²) in [5.74, 6) is -1.07. The van der Waals surface area contributed by atoms with Gasteiger partial charge in [-0.1, -0.05) is 24.9 Å². The highest BCUT2D eigenvalue weighted by atomic mass is 35.5. The van der Waals surface area contributed by atoms with Crippen LogP contribution < -0.4 is 0 Å². The Morgan fingerprint density at radius 1 is 1.35 bits per heavy atom. The predicted molar refractivity (Wildman–Crippen MR) is 54.8 cm³/mol. The Balaban J connectivity index is 2.75. The number of nitrogens with zero attached hydrogens (tertiary/aromatic N) is 4. The van der Waals surface area contributed by atoms with E-state index in [1.54, 1.807) is 0 Å². The van der Waals surface area contributed by atoms with Crippen molar-refractivity contribution < 1.29 is 13.2 Å². The lowest BCUT2D eigenvalue weighted by atomic mass is 10.2. The minimum atomic E-state index is -4.56. The van der Waals surface area contributed by atoms with Crippen molar-refractivity contribution in [1.82, 2.24) is 19.6 Å². The molecule has 0 unspecified atom stereocenters. The van der Waals surface area contributed by atoms with Gasteiger partial charge in [0.2, 0.25) is 5.82 Å². The molecule has 0 fully saturated rings. The minimum absolute atomic E-state index is 0.0649. The SMILES string of the molecule is CCCc1cnc(Cl)c2nnc(C(F)(F)F)n12. The number of aryl methyl sites for hydroxylation is 1. The van der Waals surface area contributed by atoms with Crippen LogP contribution in [0.25, 0.3) is 5.65 Å². The lowest BCUT2D eigenvalue weighted by molar-refractivity contribution is -0.145. The lowest BCUT2D eigenvalue weighted by Gasteiger charge is -2.08. The van der Waals surface area contributed by atoms with Crippen molar-refractivity contribution in [3.63, 3.8) is 0 Å². The molecule has 0 saturated carbocycles. The van der Waals surface area contributed by atoms with Crippen molar-refractivity contribution in [3.05, 3.63) is 22.9 Å². The smallest absolute Gasteiger partial charge is 0.272 e. The second kappa shape index (κ2) is 4.14. The van der Waals surface area contributed by atoms with Crippen LogP contribution in [0.2, 0.25) is 5.15 Å². The zero-order valence-corrected chi connectivity index (χ0v) is 9.55. The van der Waals surface area contributed by atoms with Gasteiger partial charge >= 0.3 is 6.18 Å². The quantitative estimate of drug-likeness (QED) is 0.838. The Kier molecular flexibility index (Phi) is 2.94. The Hall–Kier alpha value is -1.37. The van der Waals surface area contributed by atoms with E-state index in [0.29, 0.717) is 18.5 Å². The first-order valence-corrected chi connectivity index (χ1v) is 5.28. The molecule has 0 saturated heterocycles. The Bertz CT molecular complexity index is 549. The van der Waals surface area contributed by atoms with Crippen LogP contribution in [0.4, 0.5) is 13.2 Å². The molecule has 4 nitrogen and oxygen atoms in total. The van der Waals surface area contributed by atoms with Crippen LogP contribution in [0.3, 0.4) is 0 Å². The van der Waals surface area contributed by atoms with Crippen molar-refractivity contribution >= 4 is 17.2 Å². The van der Waals surface area contributed by atoms with Crippen LogP contribution in [0.1, 0.15) is 24.9 Å². The first-order valence-electron chi connectivity index (χ1n) is 4.91. The molecule has 0 aliphatic heterocycles. The number of hydrogen-bond donors (Lipinski definition) is 0. The molecule has 2 aromatic heterocycles. The lowest BCUT2D eigenvalue weighted by Crippen LogP contribution is -2.13. The summed E-state index contributed by atoms with van der Waals surface area (Å²) < 4.78 is 39.1. The maximum atomic E-state index is 12.7. The van der Waals surface area contributed by atoms with Crippen molar-refractivity contribution in [2.75, 3.05) is 0 Å². The van der Waals surface area contributed by atoms with Crippen LogP contribution in [-0.4, -0.2) is 19.6 Å². The average Bonchev–Trinajstić information content (AvgIpc) is 2.67. The van der Waals surface area contributed by atoms with Gasteiger partial charge in [-0.2, -0.15) is 13.2 Å². The molecule has 0 amide bonds. The van der Waals surface area contributed by atoms with Crippen LogP contribution in [0.15, 0.2) is 6.20 Å². The van der Waals surface area contributed by atoms with E-state index in [2.05, 4.69) is 15.2 Å². The van der Waals surface area contributed by atoms with E-state index in [4.69, 9.17) is 11.6 Å². The third-order valence-electron chi connectivity index (χ3n) is 2.22. The van der Waals surface area contributed by atoms with Gasteiger partial charge in [-0.3, -0.25) is 4.40 Å². The van der Waals surface area contributed by atoms with Gasteiger partial charge in [0.15, 0.2) is 10.8 Å². The molecule has 0 atom stereocenters. The highest BCUT2D eigenvalue weighted by Crippen LogP contribution is 2.30. The summed E-state index contributed by atoms with van der Waals surface area (Å²) in [6.07, 6.45) is -2.11. The second-order valence-corrected chi connectivity index (χ2v) is 3.83. The monoisotopic (exact) mass is 264 g/mol. The number of halogens is 4. The standard InChI is InChI=1S/C9H8ClF3N4/c1-2-3-5-4-14-6(10)7-15-16-8(17(5)7)9(11,12)13/h4H,2-3H2,1H3. The summed E-state index contributed by atoms with van der Waals surface area (Å²) in [5.41, 5.74) is 0.328. The number of rotatable bonds is 2. The van der Waals surface area contributed by atoms with E-state index in [-0.39, 0.29) is 10.8 Å². The van der Waals surface area contributed by atoms with E-state index in [1.807, 2.05) is 6.92 Å². The van der Waals surface area contributed by atoms with E-state index in [0.717, 1.165) is 4.40 Å². The molecule has 17 heavy (non-hydrogen) atoms. The fraction of sp³-hybridized carbons (Fsp3) is 0.444. The largest absolute Gasteiger partial charge is 0.452 e. The van der Waals surface area contributed by atoms with Gasteiger partial charge in [0.1, 0.15) is 0 Å². The van der Waals surface area contributed by atoms with Gasteiger partial charge in [0.05, 0.1) is 0 Å². The van der Waals surface area contributed by atoms with Crippen molar-refractivity contribution in [1.29, 1.82) is 0 Å². The van der Waals surface area contributed by atoms with Gasteiger partial charge in [-0.15, -0.1) is 10.2 Å². The average molecular weight is 265 g/mol. The molecule has 0 spiro atoms. The normalized spacial score (nSPS) is 12.3. The molecule has 0 aromatic carbocycles. The molecule has 0 N–H and O–H groups in total. The fourth-order valence-electron chi connectivity index (χ4n) is 1.55. The summed E-state index contributed by atoms with van der Waals surface area (Å²) in [5, 5.41) is 6.47. The van der Waals surface area contributed by atoms with E-state index in [9.17, 15) is 13.2 Å². The third kappa shape index (κ3) is 2.06. The molecular weight excluding hydrogens is 257 g/mol. The third-order valence-corrected chi connectivity index (χ3v) is 2.49. The minimum Gasteiger partial charge on any atom is -0.272 e. The van der Waals surface area contributed by atoms with E-state index in [1.165, 1.54) is 6.20 Å². The number of hydrogen-bond acceptors (Lipinski definition) is 3. The summed E-state index contributed by atoms with van der Waals surface area (Å²) in [6.45, 7) is 1.86. The van der Waals surface area contributed by atoms with Gasteiger partial charge in [-0.25, -0.2) is 4.98 Å². The summed E-state index contributed by atoms with van der Waals surface area (Å²) in [4.78, 5) is 3.80. The summed E-state index contributed by atoms with van der Waals surface area (Å²) >= 11 is 5.69. The van der Waals surface area contributed by atoms with Crippen molar-refractivity contribution in [2.24, 2.45) is 0 Å². The zero-order valence-electron chi connectivity index (χ0n) is 8.79. The van der Waals surface area contributed by atoms with Crippen LogP contribution in [0, 0.1) is 0 Å². The highest BCUT2D eigenvalue weighted by molar-refractivity contribution is 6.32. The maximum Gasteiger partial charge on any atom is 0.452 e. The molecule has 0 bridgehead atoms. The Morgan fingerprint density at radius 3 is 2.65 bits per heavy atom. The first-order chi connectivity index (χ1) is 7.95. The zero-order chi connectivity index (χ0) is 12.6. The topological polar surface area (TPSA) is 43.1 Å². The number of alkyl halides is 3. The molecule has 8 heteroatoms. The highest BCUT2D eigenvalue weighted by Gasteiger charge is 2.38. The molecule has 0 aliphatic carbocycles. The summed E-state index contributed by atoms with van der Waals surface area (Å²) in [6, 6.07) is 0. The van der Waals surface area contributed by atoms with Crippen LogP contribution >= 0.6 is 11.6 Å². The van der Waals surface area contributed by atoms with Crippen LogP contribution in [-0.2, 0) is 12.6 Å². The number of fused-ring (bicyclic) bond motifs is 1. The Morgan fingerprint density at radius 2 is 2.06 bits per heavy atom. The molecule has 0 radical (unpaired) electrons. The second-order valence-electron chi connectivity index (χ2n) is 3.47. The molecular formula is C9H8ClF3N4. The number of aromatic nitrogens is 4. The molecule has 2 rings (SSSR count). The van der Waals surface area contributed by atoms with Gasteiger partial charge < -0.3 is 0 Å². The fourth-order valence-corrected chi connectivity index (χ4v) is 1.72. The van der Waals surface area contributed by atoms with Crippen molar-refractivity contribution in [2.45, 2.75) is 25.9 Å². The Labute approximate surface area is 99.4 Å². The summed E-state index contributed by atoms with van der Waals surface area (Å²) in [7, 11) is 0. The van der Waals surface area contributed by atoms with E-state index >= 15 is 0 Å². The first kappa shape index (κ1) is 12.1. The maximum absolute atomic E-state index is 12.7. The van der Waals surface area contributed by atoms with Crippen LogP contribution in [0.5, 0.6) is 0 Å². The molecule has 92 valence electrons. The predicted octanol–water partition coefficient (Wildman–Crippen LogP) is 2.75.